The number of hydrogen-bond acceptors (Lipinski definition) is 12. The summed E-state index contributed by atoms with van der Waals surface area (Å²) in [7, 11) is 9.00. The Balaban J connectivity index is 0.000000180. The number of carbonyl (C=O) groups excluding carboxylic acids is 2. The fourth-order valence-corrected chi connectivity index (χ4v) is 17.8. The summed E-state index contributed by atoms with van der Waals surface area (Å²) >= 11 is 35.7. The van der Waals surface area contributed by atoms with E-state index < -0.39 is 0 Å². The van der Waals surface area contributed by atoms with E-state index in [0.29, 0.717) is 64.7 Å². The number of likely N-dealkylation sites (tertiary alicyclic amines) is 2. The van der Waals surface area contributed by atoms with Gasteiger partial charge in [0.15, 0.2) is 29.1 Å². The second kappa shape index (κ2) is 29.2. The van der Waals surface area contributed by atoms with Gasteiger partial charge in [0.05, 0.1) is 84.4 Å². The summed E-state index contributed by atoms with van der Waals surface area (Å²) in [5.41, 5.74) is 2.86. The number of halogens is 7. The lowest BCUT2D eigenvalue weighted by atomic mass is 9.44. The van der Waals surface area contributed by atoms with Crippen molar-refractivity contribution < 1.29 is 69.7 Å². The molecule has 3 heterocycles. The van der Waals surface area contributed by atoms with Crippen molar-refractivity contribution in [2.24, 2.45) is 34.5 Å². The van der Waals surface area contributed by atoms with Gasteiger partial charge in [-0.15, -0.1) is 0 Å². The van der Waals surface area contributed by atoms with Crippen molar-refractivity contribution in [1.82, 2.24) is 9.88 Å². The number of phenolic OH excluding ortho intramolecular Hbond substituents is 2. The molecule has 6 fully saturated rings. The number of hydrogen-bond donors (Lipinski definition) is 2. The van der Waals surface area contributed by atoms with Crippen LogP contribution in [0.5, 0.6) is 34.5 Å². The van der Waals surface area contributed by atoms with Crippen LogP contribution in [0.25, 0.3) is 10.8 Å². The van der Waals surface area contributed by atoms with Crippen molar-refractivity contribution in [2.75, 3.05) is 61.7 Å². The molecule has 2 aliphatic heterocycles. The summed E-state index contributed by atoms with van der Waals surface area (Å²) < 4.78 is 35.0. The molecule has 11 rings (SSSR count). The van der Waals surface area contributed by atoms with Gasteiger partial charge >= 0.3 is 11.9 Å². The number of aromatic hydroxyl groups is 2. The standard InChI is InChI=1S/C34H57N2O4.C20H21NO4.C13H6Cl6O2.BrH/c1-23(37)39-31-20-25-12-13-26-27(34(25,4)22-29(31)35-16-8-6-9-17-35)14-15-33(3)28(26)21-30(32(33)40-24(2)38)36(5)18-10-7-11-19-36;1-22-17-6-5-13(10-18(17)23-2)9-16-15-12-20(25-4)19(24-3)11-14(15)7-8-21-16;14-6-2-8(16)12(20)4(10(6)18)1-5-11(19)7(15)3-9(17)13(5)21;/h25-32H,6-22H2,1-5H3;5-8,10-12H,9H2,1-4H3;2-3,20-21H,1H2;1H/q+1;;;/p-1/t25-,26+,27-,28-,29-,30-,31-,32-,33-,34-;;;/m0.../s1. The van der Waals surface area contributed by atoms with Crippen LogP contribution < -0.4 is 35.9 Å². The summed E-state index contributed by atoms with van der Waals surface area (Å²) in [6, 6.07) is 15.2. The zero-order valence-corrected chi connectivity index (χ0v) is 57.5. The van der Waals surface area contributed by atoms with Crippen molar-refractivity contribution in [1.29, 1.82) is 0 Å². The molecule has 6 aliphatic rings. The van der Waals surface area contributed by atoms with Crippen molar-refractivity contribution in [2.45, 2.75) is 148 Å². The molecule has 4 aliphatic carbocycles. The Bertz CT molecular complexity index is 3160. The van der Waals surface area contributed by atoms with Crippen LogP contribution in [0.2, 0.25) is 30.1 Å². The maximum atomic E-state index is 12.5. The highest BCUT2D eigenvalue weighted by atomic mass is 79.9. The fourth-order valence-electron chi connectivity index (χ4n) is 16.4. The normalized spacial score (nSPS) is 27.3. The van der Waals surface area contributed by atoms with Crippen molar-refractivity contribution in [3.63, 3.8) is 0 Å². The monoisotopic (exact) mass is 1380 g/mol. The molecule has 476 valence electrons. The SMILES string of the molecule is CC(=O)O[C@H]1C[C@@H]2CC[C@@H]3[C@H](CC[C@@]4(C)[C@H]3C[C@H]([N+]3(C)CCCCC3)[C@@H]4OC(C)=O)[C@@]2(C)C[C@@H]1N1CCCCC1.COc1ccc(Cc2nccc3cc(OC)c(OC)cc23)cc1OC.Oc1c(Cl)cc(Cl)c(Cl)c1Cc1c(O)c(Cl)cc(Cl)c1Cl.[Br-]. The molecule has 2 saturated heterocycles. The lowest BCUT2D eigenvalue weighted by Gasteiger charge is -2.62. The first-order chi connectivity index (χ1) is 41.0. The lowest BCUT2D eigenvalue weighted by molar-refractivity contribution is -0.940. The maximum absolute atomic E-state index is 12.5. The summed E-state index contributed by atoms with van der Waals surface area (Å²) in [5, 5.41) is 22.7. The Kier molecular flexibility index (Phi) is 23.2. The second-order valence-corrected chi connectivity index (χ2v) is 27.8. The van der Waals surface area contributed by atoms with E-state index in [2.05, 4.69) is 30.8 Å². The van der Waals surface area contributed by atoms with Crippen LogP contribution in [0.1, 0.15) is 134 Å². The molecular formula is C67H84BrCl6N3O10. The molecule has 0 amide bonds. The molecule has 87 heavy (non-hydrogen) atoms. The highest BCUT2D eigenvalue weighted by Gasteiger charge is 2.67. The molecule has 5 aromatic rings. The number of esters is 2. The Morgan fingerprint density at radius 2 is 1.23 bits per heavy atom. The van der Waals surface area contributed by atoms with Gasteiger partial charge in [-0.05, 0) is 166 Å². The second-order valence-electron chi connectivity index (χ2n) is 25.5. The van der Waals surface area contributed by atoms with Crippen molar-refractivity contribution in [3.05, 3.63) is 107 Å². The van der Waals surface area contributed by atoms with Gasteiger partial charge in [-0.2, -0.15) is 0 Å². The van der Waals surface area contributed by atoms with Gasteiger partial charge in [-0.1, -0.05) is 95.9 Å². The van der Waals surface area contributed by atoms with E-state index in [4.69, 9.17) is 98.0 Å². The quantitative estimate of drug-likeness (QED) is 0.0696. The van der Waals surface area contributed by atoms with Gasteiger partial charge in [0.25, 0.3) is 0 Å². The number of benzene rings is 4. The van der Waals surface area contributed by atoms with Crippen LogP contribution in [-0.2, 0) is 31.9 Å². The Morgan fingerprint density at radius 3 is 1.82 bits per heavy atom. The number of carbonyl (C=O) groups is 2. The molecule has 2 N–H and O–H groups in total. The van der Waals surface area contributed by atoms with Gasteiger partial charge in [0, 0.05) is 67.3 Å². The molecular weight excluding hydrogens is 1300 g/mol. The van der Waals surface area contributed by atoms with E-state index in [-0.39, 0.29) is 106 Å². The first kappa shape index (κ1) is 69.1. The molecule has 10 atom stereocenters. The van der Waals surface area contributed by atoms with E-state index in [0.717, 1.165) is 51.9 Å². The Labute approximate surface area is 554 Å². The van der Waals surface area contributed by atoms with Crippen LogP contribution >= 0.6 is 69.6 Å². The number of pyridine rings is 1. The summed E-state index contributed by atoms with van der Waals surface area (Å²) in [6.45, 7) is 13.1. The van der Waals surface area contributed by atoms with Gasteiger partial charge in [-0.3, -0.25) is 19.5 Å². The highest BCUT2D eigenvalue weighted by Crippen LogP contribution is 2.68. The molecule has 0 unspecified atom stereocenters. The minimum atomic E-state index is -0.252. The van der Waals surface area contributed by atoms with E-state index >= 15 is 0 Å². The average molecular weight is 1380 g/mol. The van der Waals surface area contributed by atoms with Crippen LogP contribution in [-0.4, -0.2) is 122 Å². The Hall–Kier alpha value is -3.83. The lowest BCUT2D eigenvalue weighted by Crippen LogP contribution is -3.00. The van der Waals surface area contributed by atoms with E-state index in [1.54, 1.807) is 42.3 Å². The first-order valence-electron chi connectivity index (χ1n) is 30.3. The van der Waals surface area contributed by atoms with E-state index in [1.165, 1.54) is 102 Å². The number of fused-ring (bicyclic) bond motifs is 6. The maximum Gasteiger partial charge on any atom is 0.303 e. The number of ether oxygens (including phenoxy) is 6. The third kappa shape index (κ3) is 14.5. The summed E-state index contributed by atoms with van der Waals surface area (Å²) in [6.07, 6.45) is 18.7. The first-order valence-corrected chi connectivity index (χ1v) is 32.6. The third-order valence-electron chi connectivity index (χ3n) is 20.7. The molecule has 4 aromatic carbocycles. The third-order valence-corrected chi connectivity index (χ3v) is 22.9. The number of methoxy groups -OCH3 is 4. The number of likely N-dealkylation sites (N-methyl/N-ethyl adjacent to an activating group) is 1. The zero-order valence-electron chi connectivity index (χ0n) is 51.4. The number of piperidine rings is 2. The number of nitrogens with zero attached hydrogens (tertiary/aromatic N) is 3. The molecule has 0 spiro atoms. The van der Waals surface area contributed by atoms with Gasteiger partial charge in [-0.25, -0.2) is 0 Å². The van der Waals surface area contributed by atoms with Crippen LogP contribution in [0.15, 0.2) is 54.7 Å². The fraction of sp³-hybridized carbons (Fsp3) is 0.567. The van der Waals surface area contributed by atoms with Gasteiger partial charge in [0.2, 0.25) is 0 Å². The zero-order chi connectivity index (χ0) is 62.0. The average Bonchev–Trinajstić information content (AvgIpc) is 1.66. The minimum Gasteiger partial charge on any atom is -1.00 e. The van der Waals surface area contributed by atoms with Crippen LogP contribution in [0, 0.1) is 34.5 Å². The number of phenols is 2. The van der Waals surface area contributed by atoms with E-state index in [1.807, 2.05) is 42.6 Å². The predicted molar refractivity (Wildman–Crippen MR) is 343 cm³/mol. The number of aromatic nitrogens is 1. The van der Waals surface area contributed by atoms with Crippen LogP contribution in [0.3, 0.4) is 0 Å². The van der Waals surface area contributed by atoms with Gasteiger partial charge in [0.1, 0.15) is 23.6 Å². The summed E-state index contributed by atoms with van der Waals surface area (Å²) in [5.74, 6) is 4.82. The van der Waals surface area contributed by atoms with Crippen LogP contribution in [0.4, 0.5) is 0 Å². The largest absolute Gasteiger partial charge is 1.00 e. The molecule has 0 bridgehead atoms. The molecule has 4 saturated carbocycles. The molecule has 20 heteroatoms. The Morgan fingerprint density at radius 1 is 0.655 bits per heavy atom. The highest BCUT2D eigenvalue weighted by molar-refractivity contribution is 6.45. The molecule has 13 nitrogen and oxygen atoms in total. The number of rotatable bonds is 12. The smallest absolute Gasteiger partial charge is 0.303 e. The number of quaternary nitrogens is 1. The van der Waals surface area contributed by atoms with Gasteiger partial charge < -0.3 is 60.1 Å². The molecule has 0 radical (unpaired) electrons. The summed E-state index contributed by atoms with van der Waals surface area (Å²) in [4.78, 5) is 31.9. The van der Waals surface area contributed by atoms with Crippen molar-refractivity contribution in [3.8, 4) is 34.5 Å². The van der Waals surface area contributed by atoms with E-state index in [9.17, 15) is 19.8 Å². The predicted octanol–water partition coefficient (Wildman–Crippen LogP) is 13.4. The molecule has 1 aromatic heterocycles. The minimum absolute atomic E-state index is 0. The topological polar surface area (TPSA) is 146 Å². The van der Waals surface area contributed by atoms with Crippen molar-refractivity contribution >= 4 is 92.3 Å².